The maximum Gasteiger partial charge on any atom is 0.254 e. The number of carbonyl (C=O) groups excluding carboxylic acids is 2. The average molecular weight is 687 g/mol. The molecule has 0 radical (unpaired) electrons. The van der Waals surface area contributed by atoms with Crippen molar-refractivity contribution in [1.29, 1.82) is 5.26 Å². The molecule has 1 atom stereocenters. The largest absolute Gasteiger partial charge is 0.468 e. The van der Waals surface area contributed by atoms with E-state index in [4.69, 9.17) is 27.6 Å². The smallest absolute Gasteiger partial charge is 0.254 e. The Kier molecular flexibility index (Phi) is 10.3. The van der Waals surface area contributed by atoms with Gasteiger partial charge < -0.3 is 20.4 Å². The third-order valence-electron chi connectivity index (χ3n) is 7.33. The van der Waals surface area contributed by atoms with Gasteiger partial charge >= 0.3 is 0 Å². The zero-order valence-electron chi connectivity index (χ0n) is 24.1. The van der Waals surface area contributed by atoms with Crippen LogP contribution >= 0.6 is 35.0 Å². The molecular formula is C31H29Cl2N5O5S2. The Bertz CT molecular complexity index is 1810. The molecule has 0 saturated carbocycles. The number of nitrogens with one attached hydrogen (secondary N) is 3. The van der Waals surface area contributed by atoms with Crippen molar-refractivity contribution in [2.45, 2.75) is 37.0 Å². The third-order valence-corrected chi connectivity index (χ3v) is 10.8. The lowest BCUT2D eigenvalue weighted by Gasteiger charge is -2.28. The number of hydrogen-bond donors (Lipinski definition) is 3. The van der Waals surface area contributed by atoms with Crippen molar-refractivity contribution in [3.8, 4) is 6.07 Å². The van der Waals surface area contributed by atoms with Crippen LogP contribution in [-0.4, -0.2) is 43.4 Å². The summed E-state index contributed by atoms with van der Waals surface area (Å²) in [5.41, 5.74) is 1.64. The molecule has 3 heterocycles. The molecule has 2 aliphatic heterocycles. The molecule has 0 bridgehead atoms. The van der Waals surface area contributed by atoms with Crippen molar-refractivity contribution in [3.05, 3.63) is 98.5 Å². The molecule has 1 fully saturated rings. The van der Waals surface area contributed by atoms with Crippen molar-refractivity contribution >= 4 is 68.2 Å². The van der Waals surface area contributed by atoms with E-state index < -0.39 is 27.8 Å². The van der Waals surface area contributed by atoms with Crippen molar-refractivity contribution < 1.29 is 22.4 Å². The fourth-order valence-electron chi connectivity index (χ4n) is 5.14. The van der Waals surface area contributed by atoms with Crippen LogP contribution in [-0.2, 0) is 19.6 Å². The molecule has 1 aromatic heterocycles. The minimum Gasteiger partial charge on any atom is -0.468 e. The first-order valence-electron chi connectivity index (χ1n) is 14.0. The highest BCUT2D eigenvalue weighted by atomic mass is 35.5. The fourth-order valence-corrected chi connectivity index (χ4v) is 7.86. The van der Waals surface area contributed by atoms with Gasteiger partial charge in [0.1, 0.15) is 5.76 Å². The number of sulfonamides is 1. The first-order chi connectivity index (χ1) is 21.6. The summed E-state index contributed by atoms with van der Waals surface area (Å²) in [5.74, 6) is -1.50. The van der Waals surface area contributed by atoms with Gasteiger partial charge in [0.2, 0.25) is 15.9 Å². The van der Waals surface area contributed by atoms with Gasteiger partial charge in [-0.25, -0.2) is 8.42 Å². The minimum atomic E-state index is -3.73. The van der Waals surface area contributed by atoms with E-state index in [0.717, 1.165) is 31.0 Å². The molecule has 2 aromatic carbocycles. The summed E-state index contributed by atoms with van der Waals surface area (Å²) in [6.45, 7) is 2.60. The standard InChI is InChI=1S/C31H29Cl2N5O5S2/c1-19-28(30(40)36-21-9-7-20(32)8-10-21)29(26-6-5-15-43-26)23(17-34)31(35-19)44-18-27(39)37-25-16-22(11-12-24(25)33)45(41,42)38-13-3-2-4-14-38/h5-12,15-16,29,35H,2-4,13-14,18H2,1H3,(H,36,40)(H,37,39)/t29-/m0/s1. The number of hydrogen-bond acceptors (Lipinski definition) is 8. The summed E-state index contributed by atoms with van der Waals surface area (Å²) >= 11 is 13.4. The molecule has 2 amide bonds. The molecule has 14 heteroatoms. The molecule has 0 unspecified atom stereocenters. The number of amides is 2. The predicted molar refractivity (Wildman–Crippen MR) is 175 cm³/mol. The van der Waals surface area contributed by atoms with Crippen molar-refractivity contribution in [3.63, 3.8) is 0 Å². The number of piperidine rings is 1. The number of furan rings is 1. The van der Waals surface area contributed by atoms with Gasteiger partial charge in [0.25, 0.3) is 5.91 Å². The van der Waals surface area contributed by atoms with Crippen LogP contribution in [0.5, 0.6) is 0 Å². The van der Waals surface area contributed by atoms with Gasteiger partial charge in [-0.1, -0.05) is 41.4 Å². The maximum atomic E-state index is 13.5. The highest BCUT2D eigenvalue weighted by Crippen LogP contribution is 2.41. The summed E-state index contributed by atoms with van der Waals surface area (Å²) < 4.78 is 33.4. The summed E-state index contributed by atoms with van der Waals surface area (Å²) in [6.07, 6.45) is 4.04. The van der Waals surface area contributed by atoms with Gasteiger partial charge in [-0.05, 0) is 74.4 Å². The molecule has 0 aliphatic carbocycles. The van der Waals surface area contributed by atoms with E-state index in [-0.39, 0.29) is 32.5 Å². The Morgan fingerprint density at radius 1 is 1.09 bits per heavy atom. The molecule has 45 heavy (non-hydrogen) atoms. The lowest BCUT2D eigenvalue weighted by Crippen LogP contribution is -2.35. The summed E-state index contributed by atoms with van der Waals surface area (Å²) in [5, 5.41) is 20.0. The van der Waals surface area contributed by atoms with Gasteiger partial charge in [-0.15, -0.1) is 0 Å². The fraction of sp³-hybridized carbons (Fsp3) is 0.258. The molecule has 234 valence electrons. The second-order valence-electron chi connectivity index (χ2n) is 10.4. The predicted octanol–water partition coefficient (Wildman–Crippen LogP) is 6.47. The number of allylic oxidation sites excluding steroid dienone is 2. The molecule has 2 aliphatic rings. The first-order valence-corrected chi connectivity index (χ1v) is 17.2. The van der Waals surface area contributed by atoms with E-state index >= 15 is 0 Å². The molecule has 5 rings (SSSR count). The zero-order valence-corrected chi connectivity index (χ0v) is 27.2. The second kappa shape index (κ2) is 14.1. The Labute approximate surface area is 275 Å². The van der Waals surface area contributed by atoms with Crippen LogP contribution in [0.25, 0.3) is 0 Å². The van der Waals surface area contributed by atoms with Crippen LogP contribution in [0.3, 0.4) is 0 Å². The number of anilines is 2. The normalized spacial score (nSPS) is 17.4. The summed E-state index contributed by atoms with van der Waals surface area (Å²) in [4.78, 5) is 26.6. The van der Waals surface area contributed by atoms with E-state index in [1.807, 2.05) is 0 Å². The quantitative estimate of drug-likeness (QED) is 0.233. The first kappa shape index (κ1) is 32.7. The van der Waals surface area contributed by atoms with E-state index in [2.05, 4.69) is 22.0 Å². The van der Waals surface area contributed by atoms with Crippen molar-refractivity contribution in [1.82, 2.24) is 9.62 Å². The second-order valence-corrected chi connectivity index (χ2v) is 14.1. The highest BCUT2D eigenvalue weighted by molar-refractivity contribution is 8.03. The van der Waals surface area contributed by atoms with Gasteiger partial charge in [-0.3, -0.25) is 9.59 Å². The molecule has 1 saturated heterocycles. The monoisotopic (exact) mass is 685 g/mol. The SMILES string of the molecule is CC1=C(C(=O)Nc2ccc(Cl)cc2)[C@H](c2ccco2)C(C#N)=C(SCC(=O)Nc2cc(S(=O)(=O)N3CCCCC3)ccc2Cl)N1. The highest BCUT2D eigenvalue weighted by Gasteiger charge is 2.36. The van der Waals surface area contributed by atoms with Crippen LogP contribution in [0.2, 0.25) is 10.0 Å². The van der Waals surface area contributed by atoms with E-state index in [1.54, 1.807) is 43.3 Å². The lowest BCUT2D eigenvalue weighted by atomic mass is 9.85. The molecule has 10 nitrogen and oxygen atoms in total. The number of halogens is 2. The number of nitrogens with zero attached hydrogens (tertiary/aromatic N) is 2. The number of rotatable bonds is 9. The summed E-state index contributed by atoms with van der Waals surface area (Å²) in [7, 11) is -3.73. The summed E-state index contributed by atoms with van der Waals surface area (Å²) in [6, 6.07) is 16.4. The number of dihydropyridines is 1. The van der Waals surface area contributed by atoms with E-state index in [0.29, 0.717) is 40.3 Å². The van der Waals surface area contributed by atoms with E-state index in [1.165, 1.54) is 28.8 Å². The van der Waals surface area contributed by atoms with Crippen LogP contribution in [0.1, 0.15) is 37.9 Å². The van der Waals surface area contributed by atoms with Gasteiger partial charge in [0, 0.05) is 29.5 Å². The van der Waals surface area contributed by atoms with Crippen molar-refractivity contribution in [2.75, 3.05) is 29.5 Å². The Hall–Kier alpha value is -3.73. The maximum absolute atomic E-state index is 13.5. The average Bonchev–Trinajstić information content (AvgIpc) is 3.57. The Morgan fingerprint density at radius 2 is 1.82 bits per heavy atom. The van der Waals surface area contributed by atoms with Crippen LogP contribution in [0.4, 0.5) is 11.4 Å². The van der Waals surface area contributed by atoms with Crippen molar-refractivity contribution in [2.24, 2.45) is 0 Å². The topological polar surface area (TPSA) is 145 Å². The number of thioether (sulfide) groups is 1. The third kappa shape index (κ3) is 7.40. The molecular weight excluding hydrogens is 657 g/mol. The number of carbonyl (C=O) groups is 2. The van der Waals surface area contributed by atoms with E-state index in [9.17, 15) is 23.3 Å². The van der Waals surface area contributed by atoms with Gasteiger partial charge in [0.15, 0.2) is 0 Å². The lowest BCUT2D eigenvalue weighted by molar-refractivity contribution is -0.114. The molecule has 0 spiro atoms. The Balaban J connectivity index is 1.34. The van der Waals surface area contributed by atoms with Gasteiger partial charge in [0.05, 0.1) is 55.8 Å². The van der Waals surface area contributed by atoms with Gasteiger partial charge in [-0.2, -0.15) is 9.57 Å². The van der Waals surface area contributed by atoms with Crippen LogP contribution < -0.4 is 16.0 Å². The zero-order chi connectivity index (χ0) is 32.1. The minimum absolute atomic E-state index is 0.0478. The Morgan fingerprint density at radius 3 is 2.49 bits per heavy atom. The van der Waals surface area contributed by atoms with Crippen LogP contribution in [0, 0.1) is 11.3 Å². The molecule has 3 N–H and O–H groups in total. The van der Waals surface area contributed by atoms with Crippen LogP contribution in [0.15, 0.2) is 92.0 Å². The molecule has 3 aromatic rings. The number of nitriles is 1. The number of benzene rings is 2.